The van der Waals surface area contributed by atoms with Gasteiger partial charge in [-0.3, -0.25) is 9.59 Å². The molecule has 280 valence electrons. The number of likely N-dealkylation sites (tertiary alicyclic amines) is 2. The maximum atomic E-state index is 13.7. The molecule has 0 bridgehead atoms. The summed E-state index contributed by atoms with van der Waals surface area (Å²) in [6.07, 6.45) is 4.42. The van der Waals surface area contributed by atoms with Crippen LogP contribution in [0.3, 0.4) is 0 Å². The zero-order valence-electron chi connectivity index (χ0n) is 30.9. The topological polar surface area (TPSA) is 137 Å². The predicted octanol–water partition coefficient (Wildman–Crippen LogP) is 6.21. The summed E-state index contributed by atoms with van der Waals surface area (Å²) in [7, 11) is 1.53. The number of carbonyl (C=O) groups is 4. The van der Waals surface area contributed by atoms with E-state index >= 15 is 0 Å². The van der Waals surface area contributed by atoms with Crippen LogP contribution in [0.5, 0.6) is 11.5 Å². The van der Waals surface area contributed by atoms with Crippen LogP contribution in [0.1, 0.15) is 64.7 Å². The number of amides is 6. The fourth-order valence-electron chi connectivity index (χ4n) is 7.10. The summed E-state index contributed by atoms with van der Waals surface area (Å²) < 4.78 is 16.9. The van der Waals surface area contributed by atoms with E-state index in [1.165, 1.54) is 7.11 Å². The van der Waals surface area contributed by atoms with Crippen molar-refractivity contribution in [1.82, 2.24) is 19.6 Å². The normalized spacial score (nSPS) is 15.3. The monoisotopic (exact) mass is 716 g/mol. The molecular formula is C39H52N6O7. The zero-order valence-corrected chi connectivity index (χ0v) is 30.9. The van der Waals surface area contributed by atoms with Gasteiger partial charge in [0.1, 0.15) is 17.3 Å². The van der Waals surface area contributed by atoms with E-state index in [4.69, 9.17) is 13.9 Å². The molecule has 2 aliphatic rings. The highest BCUT2D eigenvalue weighted by molar-refractivity contribution is 5.92. The number of rotatable bonds is 12. The number of carbonyl (C=O) groups excluding carboxylic acids is 4. The maximum absolute atomic E-state index is 13.7. The molecule has 13 nitrogen and oxygen atoms in total. The minimum Gasteiger partial charge on any atom is -0.495 e. The molecule has 2 saturated heterocycles. The van der Waals surface area contributed by atoms with Gasteiger partial charge in [0.2, 0.25) is 11.8 Å². The Morgan fingerprint density at radius 1 is 0.846 bits per heavy atom. The molecule has 3 aromatic rings. The zero-order chi connectivity index (χ0) is 37.2. The van der Waals surface area contributed by atoms with Crippen molar-refractivity contribution < 1.29 is 33.1 Å². The number of urea groups is 2. The SMILES string of the molecule is CCOc1ccccc1NC(=O)N(C(C)C)C1CCN(C(=O)Cc2ccc(NC(=O)N(Cc3ccco3)C3CCN(C(C)=O)CC3)c(OC)c2)CC1. The molecule has 5 rings (SSSR count). The molecule has 1 aromatic heterocycles. The number of anilines is 2. The molecule has 0 spiro atoms. The average Bonchev–Trinajstić information content (AvgIpc) is 3.66. The second-order valence-electron chi connectivity index (χ2n) is 13.6. The molecule has 52 heavy (non-hydrogen) atoms. The van der Waals surface area contributed by atoms with Crippen molar-refractivity contribution in [1.29, 1.82) is 0 Å². The molecule has 0 atom stereocenters. The van der Waals surface area contributed by atoms with Crippen molar-refractivity contribution in [2.24, 2.45) is 0 Å². The largest absolute Gasteiger partial charge is 0.495 e. The number of piperidine rings is 2. The van der Waals surface area contributed by atoms with Gasteiger partial charge in [-0.05, 0) is 88.4 Å². The van der Waals surface area contributed by atoms with Gasteiger partial charge < -0.3 is 44.1 Å². The molecule has 2 aliphatic heterocycles. The first-order valence-corrected chi connectivity index (χ1v) is 18.2. The first-order valence-electron chi connectivity index (χ1n) is 18.2. The number of nitrogens with zero attached hydrogens (tertiary/aromatic N) is 4. The van der Waals surface area contributed by atoms with Crippen LogP contribution >= 0.6 is 0 Å². The number of para-hydroxylation sites is 2. The van der Waals surface area contributed by atoms with E-state index in [9.17, 15) is 19.2 Å². The third kappa shape index (κ3) is 9.56. The van der Waals surface area contributed by atoms with Crippen molar-refractivity contribution in [2.75, 3.05) is 50.5 Å². The molecule has 2 N–H and O–H groups in total. The Labute approximate surface area is 306 Å². The summed E-state index contributed by atoms with van der Waals surface area (Å²) in [6.45, 7) is 10.5. The highest BCUT2D eigenvalue weighted by Gasteiger charge is 2.33. The Hall–Kier alpha value is -5.20. The third-order valence-electron chi connectivity index (χ3n) is 9.81. The van der Waals surface area contributed by atoms with E-state index < -0.39 is 0 Å². The lowest BCUT2D eigenvalue weighted by Gasteiger charge is -2.40. The standard InChI is InChI=1S/C39H52N6O7/c1-6-51-35-12-8-7-11-33(35)41-39(49)45(27(2)3)31-17-21-43(22-18-31)37(47)25-29-13-14-34(36(24-29)50-5)40-38(48)44(26-32-10-9-23-52-32)30-15-19-42(20-16-30)28(4)46/h7-14,23-24,27,30-31H,6,15-22,25-26H2,1-5H3,(H,40,48)(H,41,49). The number of hydrogen-bond donors (Lipinski definition) is 2. The van der Waals surface area contributed by atoms with E-state index in [1.54, 1.807) is 41.2 Å². The fourth-order valence-corrected chi connectivity index (χ4v) is 7.10. The van der Waals surface area contributed by atoms with Crippen LogP contribution in [0, 0.1) is 0 Å². The number of methoxy groups -OCH3 is 1. The molecule has 13 heteroatoms. The fraction of sp³-hybridized carbons (Fsp3) is 0.487. The molecular weight excluding hydrogens is 664 g/mol. The first-order chi connectivity index (χ1) is 25.1. The van der Waals surface area contributed by atoms with Crippen LogP contribution in [0.25, 0.3) is 0 Å². The quantitative estimate of drug-likeness (QED) is 0.228. The highest BCUT2D eigenvalue weighted by atomic mass is 16.5. The van der Waals surface area contributed by atoms with Gasteiger partial charge in [0.25, 0.3) is 0 Å². The lowest BCUT2D eigenvalue weighted by Crippen LogP contribution is -2.52. The van der Waals surface area contributed by atoms with Gasteiger partial charge in [0, 0.05) is 51.2 Å². The summed E-state index contributed by atoms with van der Waals surface area (Å²) >= 11 is 0. The molecule has 0 aliphatic carbocycles. The molecule has 2 aromatic carbocycles. The molecule has 0 radical (unpaired) electrons. The van der Waals surface area contributed by atoms with Gasteiger partial charge in [-0.25, -0.2) is 9.59 Å². The first kappa shape index (κ1) is 38.0. The van der Waals surface area contributed by atoms with Gasteiger partial charge in [-0.1, -0.05) is 18.2 Å². The molecule has 0 unspecified atom stereocenters. The van der Waals surface area contributed by atoms with Crippen molar-refractivity contribution in [3.8, 4) is 11.5 Å². The van der Waals surface area contributed by atoms with E-state index in [0.29, 0.717) is 87.1 Å². The van der Waals surface area contributed by atoms with Crippen LogP contribution in [-0.2, 0) is 22.6 Å². The van der Waals surface area contributed by atoms with Crippen molar-refractivity contribution in [3.05, 3.63) is 72.2 Å². The van der Waals surface area contributed by atoms with Crippen LogP contribution in [0.4, 0.5) is 21.0 Å². The lowest BCUT2D eigenvalue weighted by molar-refractivity contribution is -0.132. The Bertz CT molecular complexity index is 1660. The number of furan rings is 1. The van der Waals surface area contributed by atoms with E-state index in [1.807, 2.05) is 67.0 Å². The summed E-state index contributed by atoms with van der Waals surface area (Å²) in [6, 6.07) is 15.8. The Morgan fingerprint density at radius 2 is 1.50 bits per heavy atom. The number of ether oxygens (including phenoxy) is 2. The van der Waals surface area contributed by atoms with E-state index in [2.05, 4.69) is 10.6 Å². The second kappa shape index (κ2) is 17.8. The number of benzene rings is 2. The van der Waals surface area contributed by atoms with Crippen LogP contribution in [-0.4, -0.2) is 101 Å². The predicted molar refractivity (Wildman–Crippen MR) is 198 cm³/mol. The molecule has 6 amide bonds. The van der Waals surface area contributed by atoms with Crippen LogP contribution in [0.15, 0.2) is 65.3 Å². The number of nitrogens with one attached hydrogen (secondary N) is 2. The summed E-state index contributed by atoms with van der Waals surface area (Å²) in [4.78, 5) is 59.8. The average molecular weight is 717 g/mol. The smallest absolute Gasteiger partial charge is 0.322 e. The van der Waals surface area contributed by atoms with Crippen molar-refractivity contribution in [2.45, 2.75) is 84.5 Å². The number of hydrogen-bond acceptors (Lipinski definition) is 7. The Kier molecular flexibility index (Phi) is 13.0. The Balaban J connectivity index is 1.18. The Morgan fingerprint density at radius 3 is 2.13 bits per heavy atom. The van der Waals surface area contributed by atoms with Gasteiger partial charge in [-0.15, -0.1) is 0 Å². The molecule has 3 heterocycles. The third-order valence-corrected chi connectivity index (χ3v) is 9.81. The maximum Gasteiger partial charge on any atom is 0.322 e. The highest BCUT2D eigenvalue weighted by Crippen LogP contribution is 2.30. The van der Waals surface area contributed by atoms with Crippen LogP contribution in [0.2, 0.25) is 0 Å². The van der Waals surface area contributed by atoms with Gasteiger partial charge in [0.15, 0.2) is 0 Å². The van der Waals surface area contributed by atoms with Crippen molar-refractivity contribution in [3.63, 3.8) is 0 Å². The van der Waals surface area contributed by atoms with Gasteiger partial charge in [-0.2, -0.15) is 0 Å². The molecule has 0 saturated carbocycles. The van der Waals surface area contributed by atoms with Gasteiger partial charge >= 0.3 is 12.1 Å². The minimum atomic E-state index is -0.301. The second-order valence-corrected chi connectivity index (χ2v) is 13.6. The van der Waals surface area contributed by atoms with Crippen molar-refractivity contribution >= 4 is 35.3 Å². The van der Waals surface area contributed by atoms with E-state index in [-0.39, 0.29) is 55.0 Å². The van der Waals surface area contributed by atoms with Gasteiger partial charge in [0.05, 0.1) is 44.3 Å². The molecule has 2 fully saturated rings. The summed E-state index contributed by atoms with van der Waals surface area (Å²) in [5, 5.41) is 6.04. The summed E-state index contributed by atoms with van der Waals surface area (Å²) in [5.74, 6) is 1.77. The van der Waals surface area contributed by atoms with E-state index in [0.717, 1.165) is 5.56 Å². The summed E-state index contributed by atoms with van der Waals surface area (Å²) in [5.41, 5.74) is 1.89. The lowest BCUT2D eigenvalue weighted by atomic mass is 10.0. The minimum absolute atomic E-state index is 0.00925. The van der Waals surface area contributed by atoms with Crippen LogP contribution < -0.4 is 20.1 Å².